The molecule has 0 N–H and O–H groups in total. The zero-order valence-electron chi connectivity index (χ0n) is 20.4. The molecule has 2 rings (SSSR count). The van der Waals surface area contributed by atoms with Crippen molar-refractivity contribution in [1.82, 2.24) is 0 Å². The van der Waals surface area contributed by atoms with E-state index in [1.807, 2.05) is 24.3 Å². The molecule has 0 aromatic heterocycles. The highest BCUT2D eigenvalue weighted by Gasteiger charge is 2.14. The summed E-state index contributed by atoms with van der Waals surface area (Å²) < 4.78 is 10.9. The van der Waals surface area contributed by atoms with E-state index in [2.05, 4.69) is 6.92 Å². The summed E-state index contributed by atoms with van der Waals surface area (Å²) in [7, 11) is 0. The first-order chi connectivity index (χ1) is 16.5. The number of halogens is 2. The van der Waals surface area contributed by atoms with Crippen LogP contribution < -0.4 is 4.74 Å². The highest BCUT2D eigenvalue weighted by Crippen LogP contribution is 2.38. The second-order valence-electron chi connectivity index (χ2n) is 8.80. The van der Waals surface area contributed by atoms with Gasteiger partial charge in [0.1, 0.15) is 0 Å². The Morgan fingerprint density at radius 2 is 1.26 bits per heavy atom. The van der Waals surface area contributed by atoms with Crippen molar-refractivity contribution in [3.8, 4) is 5.75 Å². The first-order valence-electron chi connectivity index (χ1n) is 12.8. The lowest BCUT2D eigenvalue weighted by molar-refractivity contribution is -0.144. The molecule has 0 saturated heterocycles. The van der Waals surface area contributed by atoms with Crippen LogP contribution in [-0.2, 0) is 14.3 Å². The van der Waals surface area contributed by atoms with Gasteiger partial charge in [-0.05, 0) is 25.3 Å². The number of unbranched alkanes of at least 4 members (excludes halogenated alkanes) is 10. The van der Waals surface area contributed by atoms with Gasteiger partial charge >= 0.3 is 11.9 Å². The quantitative estimate of drug-likeness (QED) is 0.121. The number of hydrogen-bond donors (Lipinski definition) is 0. The number of rotatable bonds is 17. The minimum atomic E-state index is -0.289. The molecule has 0 heterocycles. The molecule has 0 amide bonds. The van der Waals surface area contributed by atoms with E-state index < -0.39 is 0 Å². The van der Waals surface area contributed by atoms with Gasteiger partial charge in [0, 0.05) is 23.6 Å². The summed E-state index contributed by atoms with van der Waals surface area (Å²) in [6.07, 6.45) is 13.7. The van der Waals surface area contributed by atoms with Crippen molar-refractivity contribution >= 4 is 45.9 Å². The molecule has 34 heavy (non-hydrogen) atoms. The molecule has 4 nitrogen and oxygen atoms in total. The van der Waals surface area contributed by atoms with Gasteiger partial charge in [-0.3, -0.25) is 9.59 Å². The molecule has 0 radical (unpaired) electrons. The van der Waals surface area contributed by atoms with Crippen molar-refractivity contribution in [1.29, 1.82) is 0 Å². The molecular formula is C28H38Cl2O4. The second kappa shape index (κ2) is 16.8. The molecule has 2 aromatic carbocycles. The molecule has 188 valence electrons. The van der Waals surface area contributed by atoms with Gasteiger partial charge in [-0.2, -0.15) is 0 Å². The lowest BCUT2D eigenvalue weighted by Crippen LogP contribution is -2.08. The maximum absolute atomic E-state index is 12.3. The molecule has 0 fully saturated rings. The minimum Gasteiger partial charge on any atom is -0.466 e. The third-order valence-electron chi connectivity index (χ3n) is 5.89. The Hall–Kier alpha value is -1.78. The van der Waals surface area contributed by atoms with Crippen LogP contribution in [0.2, 0.25) is 10.0 Å². The van der Waals surface area contributed by atoms with Gasteiger partial charge in [0.05, 0.1) is 16.7 Å². The van der Waals surface area contributed by atoms with Gasteiger partial charge in [-0.1, -0.05) is 112 Å². The summed E-state index contributed by atoms with van der Waals surface area (Å²) in [6, 6.07) is 9.08. The molecule has 2 aromatic rings. The van der Waals surface area contributed by atoms with E-state index in [4.69, 9.17) is 32.7 Å². The van der Waals surface area contributed by atoms with Gasteiger partial charge < -0.3 is 9.47 Å². The lowest BCUT2D eigenvalue weighted by atomic mass is 10.1. The number of esters is 2. The Kier molecular flexibility index (Phi) is 14.0. The summed E-state index contributed by atoms with van der Waals surface area (Å²) in [5.41, 5.74) is 0. The van der Waals surface area contributed by atoms with E-state index in [1.165, 1.54) is 25.7 Å². The van der Waals surface area contributed by atoms with E-state index in [-0.39, 0.29) is 11.9 Å². The number of fused-ring (bicyclic) bond motifs is 1. The molecule has 6 heteroatoms. The first-order valence-corrected chi connectivity index (χ1v) is 13.5. The van der Waals surface area contributed by atoms with Crippen LogP contribution in [0.1, 0.15) is 96.8 Å². The van der Waals surface area contributed by atoms with Crippen LogP contribution in [0.15, 0.2) is 30.3 Å². The SMILES string of the molecule is CCCCCCCCOC(=O)CCCCCCCCC(=O)Oc1c(Cl)cc(Cl)c2ccccc12. The van der Waals surface area contributed by atoms with Crippen LogP contribution >= 0.6 is 23.2 Å². The lowest BCUT2D eigenvalue weighted by Gasteiger charge is -2.11. The van der Waals surface area contributed by atoms with Gasteiger partial charge in [0.25, 0.3) is 0 Å². The average molecular weight is 510 g/mol. The van der Waals surface area contributed by atoms with Crippen LogP contribution in [-0.4, -0.2) is 18.5 Å². The second-order valence-corrected chi connectivity index (χ2v) is 9.61. The fourth-order valence-electron chi connectivity index (χ4n) is 3.93. The largest absolute Gasteiger partial charge is 0.466 e. The minimum absolute atomic E-state index is 0.0790. The predicted octanol–water partition coefficient (Wildman–Crippen LogP) is 9.08. The maximum Gasteiger partial charge on any atom is 0.311 e. The zero-order chi connectivity index (χ0) is 24.6. The molecule has 0 atom stereocenters. The predicted molar refractivity (Wildman–Crippen MR) is 141 cm³/mol. The molecule has 0 aliphatic heterocycles. The van der Waals surface area contributed by atoms with Crippen molar-refractivity contribution < 1.29 is 19.1 Å². The third kappa shape index (κ3) is 10.7. The van der Waals surface area contributed by atoms with Crippen LogP contribution in [0, 0.1) is 0 Å². The van der Waals surface area contributed by atoms with E-state index in [9.17, 15) is 9.59 Å². The fourth-order valence-corrected chi connectivity index (χ4v) is 4.51. The standard InChI is InChI=1S/C28H38Cl2O4/c1-2-3-4-5-10-15-20-33-26(31)18-11-8-6-7-9-12-19-27(32)34-28-23-17-14-13-16-22(23)24(29)21-25(28)30/h13-14,16-17,21H,2-12,15,18-20H2,1H3. The van der Waals surface area contributed by atoms with Crippen molar-refractivity contribution in [2.45, 2.75) is 96.8 Å². The topological polar surface area (TPSA) is 52.6 Å². The van der Waals surface area contributed by atoms with E-state index in [0.29, 0.717) is 35.2 Å². The van der Waals surface area contributed by atoms with Crippen LogP contribution in [0.5, 0.6) is 5.75 Å². The molecule has 0 aliphatic rings. The highest BCUT2D eigenvalue weighted by molar-refractivity contribution is 6.40. The number of benzene rings is 2. The van der Waals surface area contributed by atoms with Gasteiger partial charge in [0.2, 0.25) is 0 Å². The molecule has 0 spiro atoms. The van der Waals surface area contributed by atoms with Crippen molar-refractivity contribution in [2.24, 2.45) is 0 Å². The number of ether oxygens (including phenoxy) is 2. The van der Waals surface area contributed by atoms with Gasteiger partial charge in [-0.15, -0.1) is 0 Å². The third-order valence-corrected chi connectivity index (χ3v) is 6.48. The molecule has 0 saturated carbocycles. The van der Waals surface area contributed by atoms with Crippen LogP contribution in [0.4, 0.5) is 0 Å². The van der Waals surface area contributed by atoms with Crippen molar-refractivity contribution in [3.05, 3.63) is 40.4 Å². The Morgan fingerprint density at radius 1 is 0.706 bits per heavy atom. The normalized spacial score (nSPS) is 11.0. The summed E-state index contributed by atoms with van der Waals surface area (Å²) in [6.45, 7) is 2.76. The highest BCUT2D eigenvalue weighted by atomic mass is 35.5. The van der Waals surface area contributed by atoms with Crippen molar-refractivity contribution in [3.63, 3.8) is 0 Å². The van der Waals surface area contributed by atoms with Gasteiger partial charge in [0.15, 0.2) is 5.75 Å². The fraction of sp³-hybridized carbons (Fsp3) is 0.571. The number of hydrogen-bond acceptors (Lipinski definition) is 4. The van der Waals surface area contributed by atoms with E-state index in [1.54, 1.807) is 6.07 Å². The summed E-state index contributed by atoms with van der Waals surface area (Å²) in [4.78, 5) is 24.1. The molecular weight excluding hydrogens is 471 g/mol. The molecule has 0 unspecified atom stereocenters. The Balaban J connectivity index is 1.51. The Labute approximate surface area is 214 Å². The zero-order valence-corrected chi connectivity index (χ0v) is 21.9. The summed E-state index contributed by atoms with van der Waals surface area (Å²) in [5, 5.41) is 2.41. The maximum atomic E-state index is 12.3. The Morgan fingerprint density at radius 3 is 1.94 bits per heavy atom. The summed E-state index contributed by atoms with van der Waals surface area (Å²) in [5.74, 6) is 0.00205. The number of carbonyl (C=O) groups is 2. The molecule has 0 aliphatic carbocycles. The monoisotopic (exact) mass is 508 g/mol. The smallest absolute Gasteiger partial charge is 0.311 e. The first kappa shape index (κ1) is 28.5. The molecule has 0 bridgehead atoms. The average Bonchev–Trinajstić information content (AvgIpc) is 2.83. The van der Waals surface area contributed by atoms with Gasteiger partial charge in [-0.25, -0.2) is 0 Å². The van der Waals surface area contributed by atoms with Crippen molar-refractivity contribution in [2.75, 3.05) is 6.61 Å². The van der Waals surface area contributed by atoms with Crippen LogP contribution in [0.3, 0.4) is 0 Å². The van der Waals surface area contributed by atoms with Crippen LogP contribution in [0.25, 0.3) is 10.8 Å². The number of carbonyl (C=O) groups excluding carboxylic acids is 2. The Bertz CT molecular complexity index is 897. The summed E-state index contributed by atoms with van der Waals surface area (Å²) >= 11 is 12.5. The van der Waals surface area contributed by atoms with E-state index in [0.717, 1.165) is 62.1 Å². The van der Waals surface area contributed by atoms with E-state index >= 15 is 0 Å².